The predicted octanol–water partition coefficient (Wildman–Crippen LogP) is -0.0467. The summed E-state index contributed by atoms with van der Waals surface area (Å²) in [4.78, 5) is 0. The highest BCUT2D eigenvalue weighted by Gasteiger charge is 2.09. The first kappa shape index (κ1) is 12.1. The number of hydrogen-bond donors (Lipinski definition) is 1. The van der Waals surface area contributed by atoms with Gasteiger partial charge in [0.05, 0.1) is 13.2 Å². The number of aliphatic hydroxyl groups is 1. The van der Waals surface area contributed by atoms with Crippen molar-refractivity contribution >= 4 is 0 Å². The number of nitrogens with zero attached hydrogens (tertiary/aromatic N) is 3. The molecule has 0 radical (unpaired) electrons. The molecule has 1 aromatic heterocycles. The van der Waals surface area contributed by atoms with Crippen molar-refractivity contribution in [3.8, 4) is 0 Å². The SMILES string of the molecule is CCn1c(CO)nnc1COCCOC. The van der Waals surface area contributed by atoms with Gasteiger partial charge in [0.2, 0.25) is 0 Å². The largest absolute Gasteiger partial charge is 0.388 e. The van der Waals surface area contributed by atoms with Crippen molar-refractivity contribution in [1.82, 2.24) is 14.8 Å². The topological polar surface area (TPSA) is 69.4 Å². The average molecular weight is 215 g/mol. The number of aromatic nitrogens is 3. The first-order valence-electron chi connectivity index (χ1n) is 4.92. The standard InChI is InChI=1S/C9H17N3O3/c1-3-12-8(6-13)10-11-9(12)7-15-5-4-14-2/h13H,3-7H2,1-2H3. The maximum absolute atomic E-state index is 8.99. The molecule has 0 fully saturated rings. The summed E-state index contributed by atoms with van der Waals surface area (Å²) in [6, 6.07) is 0. The predicted molar refractivity (Wildman–Crippen MR) is 53.2 cm³/mol. The first-order chi connectivity index (χ1) is 7.33. The molecule has 6 heteroatoms. The summed E-state index contributed by atoms with van der Waals surface area (Å²) in [5, 5.41) is 16.8. The van der Waals surface area contributed by atoms with E-state index in [1.807, 2.05) is 11.5 Å². The average Bonchev–Trinajstić information content (AvgIpc) is 2.66. The molecule has 0 unspecified atom stereocenters. The summed E-state index contributed by atoms with van der Waals surface area (Å²) in [6.45, 7) is 4.09. The fourth-order valence-corrected chi connectivity index (χ4v) is 1.27. The minimum atomic E-state index is -0.0983. The van der Waals surface area contributed by atoms with E-state index in [0.717, 1.165) is 12.4 Å². The van der Waals surface area contributed by atoms with E-state index in [0.29, 0.717) is 25.6 Å². The number of rotatable bonds is 7. The van der Waals surface area contributed by atoms with Crippen molar-refractivity contribution < 1.29 is 14.6 Å². The van der Waals surface area contributed by atoms with Crippen LogP contribution in [0.4, 0.5) is 0 Å². The molecule has 1 aromatic rings. The highest BCUT2D eigenvalue weighted by atomic mass is 16.5. The molecule has 0 bridgehead atoms. The van der Waals surface area contributed by atoms with Crippen molar-refractivity contribution in [3.05, 3.63) is 11.6 Å². The van der Waals surface area contributed by atoms with Crippen LogP contribution in [0.25, 0.3) is 0 Å². The van der Waals surface area contributed by atoms with Gasteiger partial charge in [0, 0.05) is 13.7 Å². The summed E-state index contributed by atoms with van der Waals surface area (Å²) >= 11 is 0. The minimum absolute atomic E-state index is 0.0983. The smallest absolute Gasteiger partial charge is 0.159 e. The molecule has 1 N–H and O–H groups in total. The highest BCUT2D eigenvalue weighted by molar-refractivity contribution is 4.93. The molecule has 0 spiro atoms. The number of methoxy groups -OCH3 is 1. The maximum atomic E-state index is 8.99. The van der Waals surface area contributed by atoms with Gasteiger partial charge in [-0.3, -0.25) is 0 Å². The van der Waals surface area contributed by atoms with E-state index in [1.54, 1.807) is 7.11 Å². The fraction of sp³-hybridized carbons (Fsp3) is 0.778. The van der Waals surface area contributed by atoms with E-state index >= 15 is 0 Å². The highest BCUT2D eigenvalue weighted by Crippen LogP contribution is 2.03. The van der Waals surface area contributed by atoms with Gasteiger partial charge in [0.15, 0.2) is 11.6 Å². The Hall–Kier alpha value is -0.980. The normalized spacial score (nSPS) is 10.9. The Bertz CT molecular complexity index is 288. The van der Waals surface area contributed by atoms with E-state index in [9.17, 15) is 0 Å². The molecule has 0 saturated carbocycles. The Labute approximate surface area is 88.8 Å². The first-order valence-corrected chi connectivity index (χ1v) is 4.92. The van der Waals surface area contributed by atoms with E-state index < -0.39 is 0 Å². The molecule has 0 aliphatic rings. The quantitative estimate of drug-likeness (QED) is 0.646. The van der Waals surface area contributed by atoms with Crippen LogP contribution >= 0.6 is 0 Å². The van der Waals surface area contributed by atoms with E-state index in [1.165, 1.54) is 0 Å². The van der Waals surface area contributed by atoms with Gasteiger partial charge in [-0.15, -0.1) is 10.2 Å². The summed E-state index contributed by atoms with van der Waals surface area (Å²) in [7, 11) is 1.63. The minimum Gasteiger partial charge on any atom is -0.388 e. The maximum Gasteiger partial charge on any atom is 0.159 e. The van der Waals surface area contributed by atoms with Gasteiger partial charge < -0.3 is 19.1 Å². The van der Waals surface area contributed by atoms with Crippen molar-refractivity contribution in [2.45, 2.75) is 26.7 Å². The summed E-state index contributed by atoms with van der Waals surface area (Å²) in [5.74, 6) is 1.31. The van der Waals surface area contributed by atoms with E-state index in [2.05, 4.69) is 10.2 Å². The lowest BCUT2D eigenvalue weighted by Gasteiger charge is -2.06. The van der Waals surface area contributed by atoms with Crippen molar-refractivity contribution in [2.75, 3.05) is 20.3 Å². The third-order valence-corrected chi connectivity index (χ3v) is 2.02. The van der Waals surface area contributed by atoms with E-state index in [4.69, 9.17) is 14.6 Å². The van der Waals surface area contributed by atoms with Gasteiger partial charge >= 0.3 is 0 Å². The van der Waals surface area contributed by atoms with Gasteiger partial charge in [0.1, 0.15) is 13.2 Å². The van der Waals surface area contributed by atoms with Crippen LogP contribution in [0.1, 0.15) is 18.6 Å². The molecular weight excluding hydrogens is 198 g/mol. The van der Waals surface area contributed by atoms with Gasteiger partial charge in [0.25, 0.3) is 0 Å². The monoisotopic (exact) mass is 215 g/mol. The molecule has 0 saturated heterocycles. The molecule has 15 heavy (non-hydrogen) atoms. The molecule has 0 amide bonds. The lowest BCUT2D eigenvalue weighted by atomic mass is 10.5. The van der Waals surface area contributed by atoms with Crippen LogP contribution in [-0.2, 0) is 29.2 Å². The van der Waals surface area contributed by atoms with Crippen molar-refractivity contribution in [3.63, 3.8) is 0 Å². The third kappa shape index (κ3) is 3.26. The zero-order valence-electron chi connectivity index (χ0n) is 9.14. The number of aliphatic hydroxyl groups excluding tert-OH is 1. The molecule has 0 aliphatic heterocycles. The van der Waals surface area contributed by atoms with Crippen molar-refractivity contribution in [2.24, 2.45) is 0 Å². The van der Waals surface area contributed by atoms with Gasteiger partial charge in [-0.05, 0) is 6.92 Å². The van der Waals surface area contributed by atoms with Crippen LogP contribution in [-0.4, -0.2) is 40.2 Å². The lowest BCUT2D eigenvalue weighted by Crippen LogP contribution is -2.09. The zero-order valence-corrected chi connectivity index (χ0v) is 9.14. The van der Waals surface area contributed by atoms with Crippen LogP contribution in [0.3, 0.4) is 0 Å². The molecule has 6 nitrogen and oxygen atoms in total. The number of ether oxygens (including phenoxy) is 2. The Balaban J connectivity index is 2.49. The van der Waals surface area contributed by atoms with Crippen LogP contribution < -0.4 is 0 Å². The third-order valence-electron chi connectivity index (χ3n) is 2.02. The van der Waals surface area contributed by atoms with Crippen molar-refractivity contribution in [1.29, 1.82) is 0 Å². The Morgan fingerprint density at radius 3 is 2.60 bits per heavy atom. The van der Waals surface area contributed by atoms with Gasteiger partial charge in [-0.1, -0.05) is 0 Å². The molecular formula is C9H17N3O3. The molecule has 86 valence electrons. The van der Waals surface area contributed by atoms with Gasteiger partial charge in [-0.2, -0.15) is 0 Å². The number of hydrogen-bond acceptors (Lipinski definition) is 5. The van der Waals surface area contributed by atoms with Crippen LogP contribution in [0.5, 0.6) is 0 Å². The van der Waals surface area contributed by atoms with Gasteiger partial charge in [-0.25, -0.2) is 0 Å². The Morgan fingerprint density at radius 1 is 1.27 bits per heavy atom. The van der Waals surface area contributed by atoms with Crippen LogP contribution in [0, 0.1) is 0 Å². The Kier molecular flexibility index (Phi) is 5.23. The molecule has 1 heterocycles. The summed E-state index contributed by atoms with van der Waals surface area (Å²) in [5.41, 5.74) is 0. The molecule has 0 aliphatic carbocycles. The van der Waals surface area contributed by atoms with E-state index in [-0.39, 0.29) is 6.61 Å². The molecule has 1 rings (SSSR count). The summed E-state index contributed by atoms with van der Waals surface area (Å²) < 4.78 is 12.0. The molecule has 0 atom stereocenters. The van der Waals surface area contributed by atoms with Crippen LogP contribution in [0.15, 0.2) is 0 Å². The lowest BCUT2D eigenvalue weighted by molar-refractivity contribution is 0.0571. The Morgan fingerprint density at radius 2 is 2.00 bits per heavy atom. The summed E-state index contributed by atoms with van der Waals surface area (Å²) in [6.07, 6.45) is 0. The second kappa shape index (κ2) is 6.49. The second-order valence-electron chi connectivity index (χ2n) is 2.98. The fourth-order valence-electron chi connectivity index (χ4n) is 1.27. The zero-order chi connectivity index (χ0) is 11.1. The second-order valence-corrected chi connectivity index (χ2v) is 2.98. The molecule has 0 aromatic carbocycles. The van der Waals surface area contributed by atoms with Crippen LogP contribution in [0.2, 0.25) is 0 Å².